The number of aliphatic hydroxyl groups excluding tert-OH is 1. The zero-order valence-corrected chi connectivity index (χ0v) is 14.5. The predicted octanol–water partition coefficient (Wildman–Crippen LogP) is 2.79. The van der Waals surface area contributed by atoms with Crippen LogP contribution in [0.1, 0.15) is 33.1 Å². The van der Waals surface area contributed by atoms with Gasteiger partial charge < -0.3 is 14.6 Å². The van der Waals surface area contributed by atoms with Crippen molar-refractivity contribution in [2.24, 2.45) is 5.92 Å². The Morgan fingerprint density at radius 1 is 1.21 bits per heavy atom. The summed E-state index contributed by atoms with van der Waals surface area (Å²) in [6.45, 7) is 3.48. The topological polar surface area (TPSA) is 102 Å². The Bertz CT molecular complexity index is 533. The van der Waals surface area contributed by atoms with Crippen molar-refractivity contribution in [2.45, 2.75) is 33.1 Å². The van der Waals surface area contributed by atoms with Crippen LogP contribution in [-0.2, 0) is 19.1 Å². The number of ether oxygens (including phenoxy) is 2. The lowest BCUT2D eigenvalue weighted by Crippen LogP contribution is -2.16. The zero-order chi connectivity index (χ0) is 18.5. The third-order valence-corrected chi connectivity index (χ3v) is 3.28. The van der Waals surface area contributed by atoms with E-state index < -0.39 is 17.7 Å². The van der Waals surface area contributed by atoms with Crippen molar-refractivity contribution in [3.05, 3.63) is 35.9 Å². The molecule has 1 unspecified atom stereocenters. The summed E-state index contributed by atoms with van der Waals surface area (Å²) < 4.78 is 9.63. The van der Waals surface area contributed by atoms with Gasteiger partial charge in [0, 0.05) is 24.6 Å². The molecule has 0 aromatic rings. The number of methoxy groups -OCH3 is 2. The molecule has 0 aliphatic rings. The van der Waals surface area contributed by atoms with E-state index in [0.29, 0.717) is 24.9 Å². The van der Waals surface area contributed by atoms with Gasteiger partial charge in [0.15, 0.2) is 11.6 Å². The number of hydrogen-bond acceptors (Lipinski definition) is 6. The first-order valence-corrected chi connectivity index (χ1v) is 7.58. The summed E-state index contributed by atoms with van der Waals surface area (Å²) in [4.78, 5) is 34.5. The van der Waals surface area contributed by atoms with Gasteiger partial charge in [-0.2, -0.15) is 0 Å². The minimum atomic E-state index is -0.587. The Balaban J connectivity index is 4.73. The van der Waals surface area contributed by atoms with Crippen molar-refractivity contribution >= 4 is 17.7 Å². The molecule has 0 spiro atoms. The monoisotopic (exact) mass is 339 g/mol. The van der Waals surface area contributed by atoms with E-state index in [1.54, 1.807) is 13.0 Å². The molecule has 0 fully saturated rings. The lowest BCUT2D eigenvalue weighted by molar-refractivity contribution is -0.119. The Morgan fingerprint density at radius 3 is 2.38 bits per heavy atom. The van der Waals surface area contributed by atoms with Crippen LogP contribution < -0.4 is 5.32 Å². The molecule has 24 heavy (non-hydrogen) atoms. The molecule has 0 saturated carbocycles. The molecule has 7 nitrogen and oxygen atoms in total. The molecule has 134 valence electrons. The summed E-state index contributed by atoms with van der Waals surface area (Å²) in [6, 6.07) is 0. The molecule has 0 aliphatic carbocycles. The summed E-state index contributed by atoms with van der Waals surface area (Å²) in [6.07, 6.45) is 5.85. The van der Waals surface area contributed by atoms with Crippen molar-refractivity contribution in [3.63, 3.8) is 0 Å². The van der Waals surface area contributed by atoms with Gasteiger partial charge in [-0.25, -0.2) is 4.79 Å². The number of rotatable bonds is 10. The van der Waals surface area contributed by atoms with Crippen molar-refractivity contribution in [1.82, 2.24) is 5.32 Å². The highest BCUT2D eigenvalue weighted by atomic mass is 16.5. The van der Waals surface area contributed by atoms with Gasteiger partial charge in [0.25, 0.3) is 0 Å². The van der Waals surface area contributed by atoms with Gasteiger partial charge in [-0.1, -0.05) is 19.9 Å². The second kappa shape index (κ2) is 11.9. The molecule has 0 heterocycles. The fourth-order valence-corrected chi connectivity index (χ4v) is 1.83. The number of ketones is 2. The first-order chi connectivity index (χ1) is 11.4. The van der Waals surface area contributed by atoms with E-state index >= 15 is 0 Å². The average molecular weight is 339 g/mol. The number of carbonyl (C=O) groups excluding carboxylic acids is 3. The largest absolute Gasteiger partial charge is 0.515 e. The molecule has 0 bridgehead atoms. The van der Waals surface area contributed by atoms with E-state index in [0.717, 1.165) is 0 Å². The second-order valence-corrected chi connectivity index (χ2v) is 4.95. The SMILES string of the molecule is CCC(=O)C(=CO)C(=O)/C=C(\OC)C(C)CC/C=C/NC(=O)OC. The van der Waals surface area contributed by atoms with Gasteiger partial charge in [-0.3, -0.25) is 14.9 Å². The van der Waals surface area contributed by atoms with Crippen LogP contribution in [0.3, 0.4) is 0 Å². The number of nitrogens with one attached hydrogen (secondary N) is 1. The first kappa shape index (κ1) is 21.4. The summed E-state index contributed by atoms with van der Waals surface area (Å²) in [5, 5.41) is 11.5. The molecule has 0 aromatic heterocycles. The molecular weight excluding hydrogens is 314 g/mol. The minimum Gasteiger partial charge on any atom is -0.515 e. The van der Waals surface area contributed by atoms with Crippen LogP contribution in [0.2, 0.25) is 0 Å². The first-order valence-electron chi connectivity index (χ1n) is 7.58. The van der Waals surface area contributed by atoms with Crippen LogP contribution in [0.25, 0.3) is 0 Å². The average Bonchev–Trinajstić information content (AvgIpc) is 2.58. The maximum Gasteiger partial charge on any atom is 0.410 e. The summed E-state index contributed by atoms with van der Waals surface area (Å²) >= 11 is 0. The van der Waals surface area contributed by atoms with E-state index in [1.165, 1.54) is 26.5 Å². The van der Waals surface area contributed by atoms with Crippen molar-refractivity contribution in [2.75, 3.05) is 14.2 Å². The van der Waals surface area contributed by atoms with Gasteiger partial charge in [0.05, 0.1) is 26.1 Å². The third kappa shape index (κ3) is 7.62. The van der Waals surface area contributed by atoms with Crippen LogP contribution in [0.15, 0.2) is 35.9 Å². The number of alkyl carbamates (subject to hydrolysis) is 1. The Labute approximate surface area is 142 Å². The van der Waals surface area contributed by atoms with Gasteiger partial charge in [-0.15, -0.1) is 0 Å². The van der Waals surface area contributed by atoms with E-state index in [1.807, 2.05) is 6.92 Å². The predicted molar refractivity (Wildman–Crippen MR) is 89.2 cm³/mol. The van der Waals surface area contributed by atoms with Gasteiger partial charge in [0.1, 0.15) is 5.76 Å². The normalized spacial score (nSPS) is 13.5. The lowest BCUT2D eigenvalue weighted by Gasteiger charge is -2.14. The lowest BCUT2D eigenvalue weighted by atomic mass is 9.99. The number of Topliss-reactive ketones (excluding diaryl/α,β-unsaturated/α-hetero) is 1. The maximum atomic E-state index is 12.1. The van der Waals surface area contributed by atoms with Crippen LogP contribution in [0.4, 0.5) is 4.79 Å². The fraction of sp³-hybridized carbons (Fsp3) is 0.471. The highest BCUT2D eigenvalue weighted by Crippen LogP contribution is 2.18. The summed E-state index contributed by atoms with van der Waals surface area (Å²) in [5.41, 5.74) is -0.263. The smallest absolute Gasteiger partial charge is 0.410 e. The van der Waals surface area contributed by atoms with E-state index in [-0.39, 0.29) is 17.9 Å². The second-order valence-electron chi connectivity index (χ2n) is 4.95. The molecule has 0 rings (SSSR count). The van der Waals surface area contributed by atoms with Crippen LogP contribution in [0, 0.1) is 5.92 Å². The number of carbonyl (C=O) groups is 3. The van der Waals surface area contributed by atoms with E-state index in [4.69, 9.17) is 9.84 Å². The molecule has 0 saturated heterocycles. The van der Waals surface area contributed by atoms with E-state index in [9.17, 15) is 14.4 Å². The van der Waals surface area contributed by atoms with Crippen molar-refractivity contribution in [3.8, 4) is 0 Å². The van der Waals surface area contributed by atoms with Gasteiger partial charge >= 0.3 is 6.09 Å². The number of allylic oxidation sites excluding steroid dienone is 4. The summed E-state index contributed by atoms with van der Waals surface area (Å²) in [7, 11) is 2.71. The molecule has 1 amide bonds. The maximum absolute atomic E-state index is 12.1. The highest BCUT2D eigenvalue weighted by Gasteiger charge is 2.18. The molecule has 0 radical (unpaired) electrons. The van der Waals surface area contributed by atoms with Crippen LogP contribution in [0.5, 0.6) is 0 Å². The Kier molecular flexibility index (Phi) is 10.6. The van der Waals surface area contributed by atoms with E-state index in [2.05, 4.69) is 10.1 Å². The molecule has 1 atom stereocenters. The Hall–Kier alpha value is -2.57. The van der Waals surface area contributed by atoms with Gasteiger partial charge in [0.2, 0.25) is 0 Å². The zero-order valence-electron chi connectivity index (χ0n) is 14.5. The van der Waals surface area contributed by atoms with Crippen LogP contribution in [-0.4, -0.2) is 37.0 Å². The third-order valence-electron chi connectivity index (χ3n) is 3.28. The van der Waals surface area contributed by atoms with Crippen LogP contribution >= 0.6 is 0 Å². The molecule has 2 N–H and O–H groups in total. The molecular formula is C17H25NO6. The molecule has 0 aliphatic heterocycles. The summed E-state index contributed by atoms with van der Waals surface area (Å²) in [5.74, 6) is -0.689. The standard InChI is InChI=1S/C17H25NO6/c1-5-14(20)13(11-19)15(21)10-16(23-3)12(2)8-6-7-9-18-17(22)24-4/h7,9-12,19H,5-6,8H2,1-4H3,(H,18,22)/b9-7+,13-11?,16-10-. The highest BCUT2D eigenvalue weighted by molar-refractivity contribution is 6.23. The minimum absolute atomic E-state index is 0.0848. The van der Waals surface area contributed by atoms with Crippen molar-refractivity contribution < 1.29 is 29.0 Å². The number of amides is 1. The van der Waals surface area contributed by atoms with Gasteiger partial charge in [-0.05, 0) is 12.8 Å². The Morgan fingerprint density at radius 2 is 1.88 bits per heavy atom. The quantitative estimate of drug-likeness (QED) is 0.275. The molecule has 0 aromatic carbocycles. The fourth-order valence-electron chi connectivity index (χ4n) is 1.83. The molecule has 7 heteroatoms. The number of aliphatic hydroxyl groups is 1. The number of hydrogen-bond donors (Lipinski definition) is 2. The van der Waals surface area contributed by atoms with Crippen molar-refractivity contribution in [1.29, 1.82) is 0 Å².